The predicted molar refractivity (Wildman–Crippen MR) is 87.6 cm³/mol. The highest BCUT2D eigenvalue weighted by Gasteiger charge is 2.38. The first kappa shape index (κ1) is 17.4. The smallest absolute Gasteiger partial charge is 0.469 e. The third-order valence-electron chi connectivity index (χ3n) is 3.32. The summed E-state index contributed by atoms with van der Waals surface area (Å²) in [6, 6.07) is 18.4. The standard InChI is InChI=1S/C17H19O5P/c1-2-13-21-17(14-22-23(18,19)20,15-9-5-3-6-10-15)16-11-7-4-8-12-16/h2-13H,14H2,1H3,(H2,18,19,20). The number of benzene rings is 2. The molecule has 0 radical (unpaired) electrons. The van der Waals surface area contributed by atoms with Crippen LogP contribution in [0.4, 0.5) is 0 Å². The van der Waals surface area contributed by atoms with E-state index in [1.165, 1.54) is 6.26 Å². The molecular formula is C17H19O5P. The zero-order valence-corrected chi connectivity index (χ0v) is 13.6. The van der Waals surface area contributed by atoms with Crippen molar-refractivity contribution in [3.05, 3.63) is 84.1 Å². The van der Waals surface area contributed by atoms with Crippen molar-refractivity contribution < 1.29 is 23.6 Å². The molecule has 0 bridgehead atoms. The lowest BCUT2D eigenvalue weighted by Crippen LogP contribution is -2.34. The summed E-state index contributed by atoms with van der Waals surface area (Å²) >= 11 is 0. The van der Waals surface area contributed by atoms with Gasteiger partial charge in [0.1, 0.15) is 6.61 Å². The molecule has 0 saturated heterocycles. The topological polar surface area (TPSA) is 76.0 Å². The lowest BCUT2D eigenvalue weighted by atomic mass is 9.87. The molecule has 0 atom stereocenters. The molecule has 23 heavy (non-hydrogen) atoms. The van der Waals surface area contributed by atoms with Gasteiger partial charge in [0.25, 0.3) is 0 Å². The fraction of sp³-hybridized carbons (Fsp3) is 0.176. The van der Waals surface area contributed by atoms with Crippen molar-refractivity contribution in [1.29, 1.82) is 0 Å². The molecule has 5 nitrogen and oxygen atoms in total. The SMILES string of the molecule is CC=COC(COP(=O)(O)O)(c1ccccc1)c1ccccc1. The van der Waals surface area contributed by atoms with Gasteiger partial charge in [-0.3, -0.25) is 4.52 Å². The van der Waals surface area contributed by atoms with Crippen molar-refractivity contribution in [2.24, 2.45) is 0 Å². The van der Waals surface area contributed by atoms with Gasteiger partial charge in [-0.05, 0) is 6.92 Å². The van der Waals surface area contributed by atoms with Gasteiger partial charge in [0, 0.05) is 11.1 Å². The second-order valence-corrected chi connectivity index (χ2v) is 6.15. The third-order valence-corrected chi connectivity index (χ3v) is 3.79. The van der Waals surface area contributed by atoms with Crippen LogP contribution >= 0.6 is 7.82 Å². The van der Waals surface area contributed by atoms with E-state index < -0.39 is 13.4 Å². The molecule has 0 unspecified atom stereocenters. The van der Waals surface area contributed by atoms with E-state index in [-0.39, 0.29) is 6.61 Å². The Kier molecular flexibility index (Phi) is 5.74. The third kappa shape index (κ3) is 4.53. The number of phosphoric acid groups is 1. The number of hydrogen-bond donors (Lipinski definition) is 2. The number of phosphoric ester groups is 1. The molecule has 2 aromatic carbocycles. The maximum Gasteiger partial charge on any atom is 0.469 e. The predicted octanol–water partition coefficient (Wildman–Crippen LogP) is 3.59. The molecule has 0 aliphatic carbocycles. The van der Waals surface area contributed by atoms with E-state index in [2.05, 4.69) is 0 Å². The molecule has 0 saturated carbocycles. The number of allylic oxidation sites excluding steroid dienone is 1. The Morgan fingerprint density at radius 2 is 1.48 bits per heavy atom. The van der Waals surface area contributed by atoms with Gasteiger partial charge >= 0.3 is 7.82 Å². The summed E-state index contributed by atoms with van der Waals surface area (Å²) in [5, 5.41) is 0. The largest absolute Gasteiger partial charge is 0.483 e. The lowest BCUT2D eigenvalue weighted by molar-refractivity contribution is 0.00172. The molecule has 2 N–H and O–H groups in total. The second-order valence-electron chi connectivity index (χ2n) is 4.91. The average molecular weight is 334 g/mol. The Morgan fingerprint density at radius 1 is 1.00 bits per heavy atom. The summed E-state index contributed by atoms with van der Waals surface area (Å²) in [5.74, 6) is 0. The monoisotopic (exact) mass is 334 g/mol. The van der Waals surface area contributed by atoms with Crippen LogP contribution in [0, 0.1) is 0 Å². The Hall–Kier alpha value is -1.91. The summed E-state index contributed by atoms with van der Waals surface area (Å²) < 4.78 is 21.9. The zero-order chi connectivity index (χ0) is 16.8. The summed E-state index contributed by atoms with van der Waals surface area (Å²) in [7, 11) is -4.64. The van der Waals surface area contributed by atoms with Crippen LogP contribution < -0.4 is 0 Å². The van der Waals surface area contributed by atoms with Crippen LogP contribution in [-0.4, -0.2) is 16.4 Å². The quantitative estimate of drug-likeness (QED) is 0.598. The molecule has 0 spiro atoms. The minimum absolute atomic E-state index is 0.324. The van der Waals surface area contributed by atoms with Crippen LogP contribution in [0.15, 0.2) is 73.0 Å². The Labute approximate surface area is 135 Å². The first-order valence-corrected chi connectivity index (χ1v) is 8.61. The van der Waals surface area contributed by atoms with Crippen LogP contribution in [-0.2, 0) is 19.4 Å². The van der Waals surface area contributed by atoms with Gasteiger partial charge in [-0.2, -0.15) is 0 Å². The van der Waals surface area contributed by atoms with Gasteiger partial charge in [0.05, 0.1) is 6.26 Å². The maximum atomic E-state index is 11.2. The normalized spacial score (nSPS) is 12.5. The van der Waals surface area contributed by atoms with Gasteiger partial charge in [0.2, 0.25) is 0 Å². The molecule has 2 aromatic rings. The first-order chi connectivity index (χ1) is 11.0. The van der Waals surface area contributed by atoms with Crippen LogP contribution in [0.5, 0.6) is 0 Å². The van der Waals surface area contributed by atoms with Crippen molar-refractivity contribution in [3.8, 4) is 0 Å². The van der Waals surface area contributed by atoms with Gasteiger partial charge < -0.3 is 14.5 Å². The van der Waals surface area contributed by atoms with Crippen LogP contribution in [0.25, 0.3) is 0 Å². The molecule has 0 aliphatic rings. The number of ether oxygens (including phenoxy) is 1. The van der Waals surface area contributed by atoms with Crippen molar-refractivity contribution in [1.82, 2.24) is 0 Å². The summed E-state index contributed by atoms with van der Waals surface area (Å²) in [5.41, 5.74) is 0.311. The van der Waals surface area contributed by atoms with E-state index in [0.29, 0.717) is 0 Å². The van der Waals surface area contributed by atoms with Gasteiger partial charge in [0.15, 0.2) is 5.60 Å². The highest BCUT2D eigenvalue weighted by Crippen LogP contribution is 2.42. The molecule has 0 heterocycles. The molecule has 0 fully saturated rings. The van der Waals surface area contributed by atoms with Crippen LogP contribution in [0.1, 0.15) is 18.1 Å². The maximum absolute atomic E-state index is 11.2. The summed E-state index contributed by atoms with van der Waals surface area (Å²) in [6.45, 7) is 1.47. The van der Waals surface area contributed by atoms with Crippen molar-refractivity contribution in [2.75, 3.05) is 6.61 Å². The second kappa shape index (κ2) is 7.57. The summed E-state index contributed by atoms with van der Waals surface area (Å²) in [6.07, 6.45) is 3.20. The lowest BCUT2D eigenvalue weighted by Gasteiger charge is -2.34. The average Bonchev–Trinajstić information content (AvgIpc) is 2.56. The fourth-order valence-corrected chi connectivity index (χ4v) is 2.63. The minimum atomic E-state index is -4.64. The first-order valence-electron chi connectivity index (χ1n) is 7.08. The highest BCUT2D eigenvalue weighted by atomic mass is 31.2. The van der Waals surface area contributed by atoms with Gasteiger partial charge in [-0.25, -0.2) is 4.57 Å². The zero-order valence-electron chi connectivity index (χ0n) is 12.7. The summed E-state index contributed by atoms with van der Waals surface area (Å²) in [4.78, 5) is 18.2. The molecule has 0 amide bonds. The van der Waals surface area contributed by atoms with Gasteiger partial charge in [-0.15, -0.1) is 0 Å². The molecule has 6 heteroatoms. The number of rotatable bonds is 7. The van der Waals surface area contributed by atoms with Crippen molar-refractivity contribution in [3.63, 3.8) is 0 Å². The molecular weight excluding hydrogens is 315 g/mol. The van der Waals surface area contributed by atoms with E-state index in [9.17, 15) is 4.57 Å². The molecule has 0 aliphatic heterocycles. The molecule has 122 valence electrons. The van der Waals surface area contributed by atoms with E-state index >= 15 is 0 Å². The van der Waals surface area contributed by atoms with Crippen LogP contribution in [0.3, 0.4) is 0 Å². The minimum Gasteiger partial charge on any atom is -0.483 e. The fourth-order valence-electron chi connectivity index (χ4n) is 2.28. The van der Waals surface area contributed by atoms with Crippen molar-refractivity contribution in [2.45, 2.75) is 12.5 Å². The van der Waals surface area contributed by atoms with E-state index in [1.54, 1.807) is 13.0 Å². The molecule has 2 rings (SSSR count). The number of hydrogen-bond acceptors (Lipinski definition) is 3. The van der Waals surface area contributed by atoms with Crippen LogP contribution in [0.2, 0.25) is 0 Å². The Bertz CT molecular complexity index is 639. The van der Waals surface area contributed by atoms with Gasteiger partial charge in [-0.1, -0.05) is 66.7 Å². The van der Waals surface area contributed by atoms with E-state index in [0.717, 1.165) is 11.1 Å². The molecule has 0 aromatic heterocycles. The Balaban J connectivity index is 2.55. The van der Waals surface area contributed by atoms with E-state index in [4.69, 9.17) is 19.0 Å². The van der Waals surface area contributed by atoms with E-state index in [1.807, 2.05) is 60.7 Å². The highest BCUT2D eigenvalue weighted by molar-refractivity contribution is 7.46. The van der Waals surface area contributed by atoms with Crippen molar-refractivity contribution >= 4 is 7.82 Å². The Morgan fingerprint density at radius 3 is 1.87 bits per heavy atom.